The van der Waals surface area contributed by atoms with Gasteiger partial charge in [-0.25, -0.2) is 14.0 Å². The van der Waals surface area contributed by atoms with Crippen LogP contribution < -0.4 is 15.5 Å². The first kappa shape index (κ1) is 26.5. The van der Waals surface area contributed by atoms with Gasteiger partial charge in [-0.15, -0.1) is 0 Å². The van der Waals surface area contributed by atoms with E-state index in [1.165, 1.54) is 20.2 Å². The van der Waals surface area contributed by atoms with Crippen LogP contribution in [-0.2, 0) is 22.4 Å². The van der Waals surface area contributed by atoms with Gasteiger partial charge in [0.2, 0.25) is 0 Å². The van der Waals surface area contributed by atoms with E-state index in [0.29, 0.717) is 31.1 Å². The van der Waals surface area contributed by atoms with E-state index in [9.17, 15) is 18.8 Å². The highest BCUT2D eigenvalue weighted by atomic mass is 19.1. The summed E-state index contributed by atoms with van der Waals surface area (Å²) in [5, 5.41) is 6.36. The van der Waals surface area contributed by atoms with Crippen molar-refractivity contribution in [3.05, 3.63) is 53.0 Å². The van der Waals surface area contributed by atoms with Gasteiger partial charge >= 0.3 is 12.1 Å². The number of amides is 2. The van der Waals surface area contributed by atoms with E-state index in [0.717, 1.165) is 41.1 Å². The van der Waals surface area contributed by atoms with Gasteiger partial charge in [0.15, 0.2) is 0 Å². The van der Waals surface area contributed by atoms with Crippen molar-refractivity contribution in [3.63, 3.8) is 0 Å². The topological polar surface area (TPSA) is 102 Å². The number of methoxy groups -OCH3 is 1. The average molecular weight is 537 g/mol. The molecule has 206 valence electrons. The number of hydrogen-bond donors (Lipinski definition) is 2. The maximum atomic E-state index is 14.8. The number of fused-ring (bicyclic) bond motifs is 3. The smallest absolute Gasteiger partial charge is 0.414 e. The van der Waals surface area contributed by atoms with Crippen LogP contribution in [0.3, 0.4) is 0 Å². The summed E-state index contributed by atoms with van der Waals surface area (Å²) in [5.41, 5.74) is 2.46. The van der Waals surface area contributed by atoms with Gasteiger partial charge < -0.3 is 24.7 Å². The minimum Gasteiger partial charge on any atom is -0.465 e. The molecule has 2 N–H and O–H groups in total. The standard InChI is InChI=1S/C29H33FN4O5/c1-29(2,3)39-28(37)33-11-10-17-8-9-18-14-22(34(15-16-6-7-16)25(18)24(17)33)26(35)32-21-13-19(27(36)38-5)12-20(30)23(21)31-4/h8-9,12-14,16,31H,6-7,10-11,15H2,1-5H3,(H,32,35). The number of benzene rings is 2. The number of rotatable bonds is 6. The molecule has 1 aliphatic heterocycles. The summed E-state index contributed by atoms with van der Waals surface area (Å²) >= 11 is 0. The molecule has 2 amide bonds. The van der Waals surface area contributed by atoms with Crippen LogP contribution in [0.5, 0.6) is 0 Å². The van der Waals surface area contributed by atoms with Gasteiger partial charge in [-0.1, -0.05) is 12.1 Å². The van der Waals surface area contributed by atoms with Crippen molar-refractivity contribution < 1.29 is 28.2 Å². The summed E-state index contributed by atoms with van der Waals surface area (Å²) in [6.07, 6.45) is 2.38. The molecule has 9 nitrogen and oxygen atoms in total. The van der Waals surface area contributed by atoms with Gasteiger partial charge in [-0.05, 0) is 69.7 Å². The molecule has 1 aliphatic carbocycles. The molecule has 1 fully saturated rings. The summed E-state index contributed by atoms with van der Waals surface area (Å²) in [6.45, 7) is 6.60. The maximum absolute atomic E-state index is 14.8. The Morgan fingerprint density at radius 3 is 2.51 bits per heavy atom. The number of ether oxygens (including phenoxy) is 2. The molecule has 5 rings (SSSR count). The molecule has 0 atom stereocenters. The van der Waals surface area contributed by atoms with Crippen LogP contribution in [0.15, 0.2) is 30.3 Å². The van der Waals surface area contributed by atoms with Gasteiger partial charge in [0, 0.05) is 25.5 Å². The number of hydrogen-bond acceptors (Lipinski definition) is 6. The third-order valence-corrected chi connectivity index (χ3v) is 6.99. The lowest BCUT2D eigenvalue weighted by Gasteiger charge is -2.25. The van der Waals surface area contributed by atoms with E-state index in [2.05, 4.69) is 10.6 Å². The van der Waals surface area contributed by atoms with E-state index >= 15 is 0 Å². The zero-order valence-corrected chi connectivity index (χ0v) is 22.8. The van der Waals surface area contributed by atoms with E-state index < -0.39 is 29.4 Å². The summed E-state index contributed by atoms with van der Waals surface area (Å²) in [7, 11) is 2.74. The second kappa shape index (κ2) is 9.91. The van der Waals surface area contributed by atoms with Crippen LogP contribution in [0.4, 0.5) is 26.2 Å². The van der Waals surface area contributed by atoms with Crippen molar-refractivity contribution in [2.75, 3.05) is 36.2 Å². The second-order valence-corrected chi connectivity index (χ2v) is 11.1. The number of carbonyl (C=O) groups is 3. The van der Waals surface area contributed by atoms with Crippen molar-refractivity contribution in [2.24, 2.45) is 5.92 Å². The van der Waals surface area contributed by atoms with Gasteiger partial charge in [-0.2, -0.15) is 0 Å². The number of nitrogens with one attached hydrogen (secondary N) is 2. The van der Waals surface area contributed by atoms with E-state index in [4.69, 9.17) is 9.47 Å². The Morgan fingerprint density at radius 1 is 1.13 bits per heavy atom. The average Bonchev–Trinajstić information content (AvgIpc) is 3.46. The Kier molecular flexibility index (Phi) is 6.74. The first-order valence-corrected chi connectivity index (χ1v) is 13.1. The maximum Gasteiger partial charge on any atom is 0.414 e. The van der Waals surface area contributed by atoms with E-state index in [1.807, 2.05) is 37.5 Å². The van der Waals surface area contributed by atoms with Crippen molar-refractivity contribution in [1.29, 1.82) is 0 Å². The molecule has 2 heterocycles. The Labute approximate surface area is 226 Å². The third-order valence-electron chi connectivity index (χ3n) is 6.99. The first-order valence-electron chi connectivity index (χ1n) is 13.1. The molecule has 10 heteroatoms. The normalized spacial score (nSPS) is 14.8. The third kappa shape index (κ3) is 5.15. The van der Waals surface area contributed by atoms with Gasteiger partial charge in [0.05, 0.1) is 35.3 Å². The highest BCUT2D eigenvalue weighted by Crippen LogP contribution is 2.41. The van der Waals surface area contributed by atoms with Crippen molar-refractivity contribution in [3.8, 4) is 0 Å². The van der Waals surface area contributed by atoms with Crippen LogP contribution in [0.1, 0.15) is 60.0 Å². The summed E-state index contributed by atoms with van der Waals surface area (Å²) in [4.78, 5) is 40.6. The zero-order chi connectivity index (χ0) is 28.1. The lowest BCUT2D eigenvalue weighted by atomic mass is 10.1. The lowest BCUT2D eigenvalue weighted by molar-refractivity contribution is 0.0579. The predicted octanol–water partition coefficient (Wildman–Crippen LogP) is 5.57. The molecule has 2 aliphatic rings. The summed E-state index contributed by atoms with van der Waals surface area (Å²) < 4.78 is 27.2. The minimum atomic E-state index is -0.715. The number of aromatic nitrogens is 1. The Morgan fingerprint density at radius 2 is 1.87 bits per heavy atom. The molecule has 2 aromatic carbocycles. The number of nitrogens with zero attached hydrogens (tertiary/aromatic N) is 2. The predicted molar refractivity (Wildman–Crippen MR) is 147 cm³/mol. The van der Waals surface area contributed by atoms with Crippen molar-refractivity contribution in [1.82, 2.24) is 4.57 Å². The van der Waals surface area contributed by atoms with Crippen molar-refractivity contribution >= 4 is 45.9 Å². The highest BCUT2D eigenvalue weighted by molar-refractivity contribution is 6.11. The number of anilines is 3. The SMILES string of the molecule is CNc1c(F)cc(C(=O)OC)cc1NC(=O)c1cc2ccc3c(c2n1CC1CC1)N(C(=O)OC(C)(C)C)CC3. The van der Waals surface area contributed by atoms with E-state index in [-0.39, 0.29) is 16.9 Å². The van der Waals surface area contributed by atoms with Crippen LogP contribution in [0.25, 0.3) is 10.9 Å². The Hall–Kier alpha value is -4.08. The van der Waals surface area contributed by atoms with Gasteiger partial charge in [0.1, 0.15) is 17.1 Å². The molecular formula is C29H33FN4O5. The van der Waals surface area contributed by atoms with Gasteiger partial charge in [-0.3, -0.25) is 9.69 Å². The molecule has 1 saturated carbocycles. The largest absolute Gasteiger partial charge is 0.465 e. The lowest BCUT2D eigenvalue weighted by Crippen LogP contribution is -2.36. The molecule has 0 radical (unpaired) electrons. The fourth-order valence-corrected chi connectivity index (χ4v) is 5.05. The van der Waals surface area contributed by atoms with Crippen LogP contribution >= 0.6 is 0 Å². The monoisotopic (exact) mass is 536 g/mol. The van der Waals surface area contributed by atoms with Gasteiger partial charge in [0.25, 0.3) is 5.91 Å². The molecule has 0 spiro atoms. The second-order valence-electron chi connectivity index (χ2n) is 11.1. The Bertz CT molecular complexity index is 1490. The Balaban J connectivity index is 1.59. The van der Waals surface area contributed by atoms with Crippen molar-refractivity contribution in [2.45, 2.75) is 52.2 Å². The molecule has 0 bridgehead atoms. The molecular weight excluding hydrogens is 503 g/mol. The molecule has 0 unspecified atom stereocenters. The fourth-order valence-electron chi connectivity index (χ4n) is 5.05. The molecule has 0 saturated heterocycles. The van der Waals surface area contributed by atoms with Crippen LogP contribution in [-0.4, -0.2) is 48.8 Å². The number of halogens is 1. The fraction of sp³-hybridized carbons (Fsp3) is 0.414. The molecule has 39 heavy (non-hydrogen) atoms. The summed E-state index contributed by atoms with van der Waals surface area (Å²) in [5.74, 6) is -1.44. The number of carbonyl (C=O) groups excluding carboxylic acids is 3. The quantitative estimate of drug-likeness (QED) is 0.400. The van der Waals surface area contributed by atoms with Crippen LogP contribution in [0, 0.1) is 11.7 Å². The van der Waals surface area contributed by atoms with Crippen LogP contribution in [0.2, 0.25) is 0 Å². The summed E-state index contributed by atoms with van der Waals surface area (Å²) in [6, 6.07) is 8.18. The molecule has 3 aromatic rings. The highest BCUT2D eigenvalue weighted by Gasteiger charge is 2.34. The molecule has 1 aromatic heterocycles. The zero-order valence-electron chi connectivity index (χ0n) is 22.8. The first-order chi connectivity index (χ1) is 18.5. The number of esters is 1. The van der Waals surface area contributed by atoms with E-state index in [1.54, 1.807) is 11.0 Å². The minimum absolute atomic E-state index is 0.0198.